The summed E-state index contributed by atoms with van der Waals surface area (Å²) in [6.45, 7) is 2.00. The fourth-order valence-corrected chi connectivity index (χ4v) is 2.29. The molecule has 0 fully saturated rings. The highest BCUT2D eigenvalue weighted by atomic mass is 32.1. The van der Waals surface area contributed by atoms with Gasteiger partial charge in [-0.15, -0.1) is 11.3 Å². The highest BCUT2D eigenvalue weighted by molar-refractivity contribution is 7.17. The Kier molecular flexibility index (Phi) is 2.23. The van der Waals surface area contributed by atoms with Crippen molar-refractivity contribution in [2.45, 2.75) is 6.92 Å². The first-order valence-corrected chi connectivity index (χ1v) is 5.02. The number of hydroxylamine groups is 1. The first kappa shape index (κ1) is 9.18. The molecule has 3 nitrogen and oxygen atoms in total. The number of benzene rings is 1. The maximum atomic E-state index is 11.1. The van der Waals surface area contributed by atoms with Crippen LogP contribution in [0, 0.1) is 6.92 Å². The monoisotopic (exact) mass is 207 g/mol. The van der Waals surface area contributed by atoms with E-state index in [9.17, 15) is 4.79 Å². The molecule has 0 bridgehead atoms. The van der Waals surface area contributed by atoms with Gasteiger partial charge in [-0.2, -0.15) is 0 Å². The quantitative estimate of drug-likeness (QED) is 0.557. The number of carbonyl (C=O) groups is 1. The molecular weight excluding hydrogens is 198 g/mol. The minimum Gasteiger partial charge on any atom is -0.288 e. The lowest BCUT2D eigenvalue weighted by molar-refractivity contribution is 0.0706. The number of carbonyl (C=O) groups excluding carboxylic acids is 1. The summed E-state index contributed by atoms with van der Waals surface area (Å²) in [6, 6.07) is 5.37. The van der Waals surface area contributed by atoms with Gasteiger partial charge in [-0.3, -0.25) is 10.0 Å². The summed E-state index contributed by atoms with van der Waals surface area (Å²) in [6.07, 6.45) is 0. The van der Waals surface area contributed by atoms with Crippen LogP contribution < -0.4 is 5.48 Å². The maximum absolute atomic E-state index is 11.1. The zero-order valence-electron chi connectivity index (χ0n) is 7.57. The Morgan fingerprint density at radius 1 is 1.50 bits per heavy atom. The normalized spacial score (nSPS) is 10.4. The average molecular weight is 207 g/mol. The largest absolute Gasteiger partial charge is 0.288 e. The van der Waals surface area contributed by atoms with Crippen molar-refractivity contribution in [3.8, 4) is 0 Å². The number of hydrogen-bond acceptors (Lipinski definition) is 3. The third-order valence-corrected chi connectivity index (χ3v) is 3.21. The number of fused-ring (bicyclic) bond motifs is 1. The van der Waals surface area contributed by atoms with Crippen molar-refractivity contribution < 1.29 is 10.0 Å². The summed E-state index contributed by atoms with van der Waals surface area (Å²) in [5.74, 6) is -0.475. The lowest BCUT2D eigenvalue weighted by Crippen LogP contribution is -2.18. The van der Waals surface area contributed by atoms with Crippen molar-refractivity contribution in [3.05, 3.63) is 34.7 Å². The van der Waals surface area contributed by atoms with Gasteiger partial charge < -0.3 is 0 Å². The van der Waals surface area contributed by atoms with E-state index in [0.717, 1.165) is 15.6 Å². The SMILES string of the molecule is Cc1csc2ccc(C(=O)NO)cc12. The van der Waals surface area contributed by atoms with Gasteiger partial charge in [-0.05, 0) is 41.5 Å². The molecule has 2 N–H and O–H groups in total. The third kappa shape index (κ3) is 1.38. The molecule has 4 heteroatoms. The second-order valence-corrected chi connectivity index (χ2v) is 3.98. The summed E-state index contributed by atoms with van der Waals surface area (Å²) < 4.78 is 1.15. The van der Waals surface area contributed by atoms with E-state index in [1.807, 2.05) is 18.4 Å². The highest BCUT2D eigenvalue weighted by Crippen LogP contribution is 2.26. The summed E-state index contributed by atoms with van der Waals surface area (Å²) in [5, 5.41) is 11.6. The molecule has 0 aliphatic heterocycles. The molecule has 1 heterocycles. The molecule has 0 spiro atoms. The van der Waals surface area contributed by atoms with E-state index in [1.54, 1.807) is 28.9 Å². The fraction of sp³-hybridized carbons (Fsp3) is 0.100. The van der Waals surface area contributed by atoms with Gasteiger partial charge in [0.05, 0.1) is 0 Å². The van der Waals surface area contributed by atoms with Crippen LogP contribution in [0.4, 0.5) is 0 Å². The molecule has 14 heavy (non-hydrogen) atoms. The van der Waals surface area contributed by atoms with E-state index < -0.39 is 5.91 Å². The number of thiophene rings is 1. The molecule has 2 rings (SSSR count). The van der Waals surface area contributed by atoms with Crippen LogP contribution in [-0.4, -0.2) is 11.1 Å². The second-order valence-electron chi connectivity index (χ2n) is 3.07. The van der Waals surface area contributed by atoms with Crippen molar-refractivity contribution in [2.24, 2.45) is 0 Å². The zero-order valence-corrected chi connectivity index (χ0v) is 8.39. The molecular formula is C10H9NO2S. The van der Waals surface area contributed by atoms with Gasteiger partial charge in [0, 0.05) is 10.3 Å². The van der Waals surface area contributed by atoms with Gasteiger partial charge in [0.1, 0.15) is 0 Å². The van der Waals surface area contributed by atoms with Crippen molar-refractivity contribution in [1.82, 2.24) is 5.48 Å². The molecule has 1 aromatic heterocycles. The predicted octanol–water partition coefficient (Wildman–Crippen LogP) is 2.33. The summed E-state index contributed by atoms with van der Waals surface area (Å²) in [4.78, 5) is 11.1. The van der Waals surface area contributed by atoms with E-state index >= 15 is 0 Å². The van der Waals surface area contributed by atoms with Gasteiger partial charge in [0.25, 0.3) is 5.91 Å². The Bertz CT molecular complexity index is 490. The highest BCUT2D eigenvalue weighted by Gasteiger charge is 2.06. The fourth-order valence-electron chi connectivity index (χ4n) is 1.36. The third-order valence-electron chi connectivity index (χ3n) is 2.13. The molecule has 0 radical (unpaired) electrons. The summed E-state index contributed by atoms with van der Waals surface area (Å²) in [5.41, 5.74) is 3.25. The molecule has 0 saturated carbocycles. The van der Waals surface area contributed by atoms with Gasteiger partial charge >= 0.3 is 0 Å². The van der Waals surface area contributed by atoms with Crippen molar-refractivity contribution >= 4 is 27.3 Å². The topological polar surface area (TPSA) is 49.3 Å². The molecule has 72 valence electrons. The predicted molar refractivity (Wildman–Crippen MR) is 55.8 cm³/mol. The van der Waals surface area contributed by atoms with E-state index in [0.29, 0.717) is 5.56 Å². The summed E-state index contributed by atoms with van der Waals surface area (Å²) in [7, 11) is 0. The number of amides is 1. The van der Waals surface area contributed by atoms with Crippen molar-refractivity contribution in [1.29, 1.82) is 0 Å². The number of hydrogen-bond donors (Lipinski definition) is 2. The Labute approximate surface area is 84.9 Å². The first-order chi connectivity index (χ1) is 6.72. The maximum Gasteiger partial charge on any atom is 0.274 e. The molecule has 1 aromatic carbocycles. The Hall–Kier alpha value is -1.39. The van der Waals surface area contributed by atoms with Crippen LogP contribution in [0.1, 0.15) is 15.9 Å². The number of rotatable bonds is 1. The Morgan fingerprint density at radius 3 is 3.00 bits per heavy atom. The molecule has 0 saturated heterocycles. The van der Waals surface area contributed by atoms with E-state index in [1.165, 1.54) is 0 Å². The van der Waals surface area contributed by atoms with Crippen molar-refractivity contribution in [3.63, 3.8) is 0 Å². The van der Waals surface area contributed by atoms with E-state index in [2.05, 4.69) is 0 Å². The summed E-state index contributed by atoms with van der Waals surface area (Å²) >= 11 is 1.65. The van der Waals surface area contributed by atoms with Gasteiger partial charge in [-0.25, -0.2) is 5.48 Å². The molecule has 0 atom stereocenters. The van der Waals surface area contributed by atoms with Crippen LogP contribution in [-0.2, 0) is 0 Å². The second kappa shape index (κ2) is 3.40. The van der Waals surface area contributed by atoms with Crippen LogP contribution >= 0.6 is 11.3 Å². The Balaban J connectivity index is 2.60. The number of aryl methyl sites for hydroxylation is 1. The van der Waals surface area contributed by atoms with Crippen LogP contribution in [0.3, 0.4) is 0 Å². The minimum atomic E-state index is -0.475. The standard InChI is InChI=1S/C10H9NO2S/c1-6-5-14-9-3-2-7(4-8(6)9)10(12)11-13/h2-5,13H,1H3,(H,11,12). The molecule has 0 unspecified atom stereocenters. The molecule has 0 aliphatic rings. The zero-order chi connectivity index (χ0) is 10.1. The van der Waals surface area contributed by atoms with Crippen LogP contribution in [0.15, 0.2) is 23.6 Å². The first-order valence-electron chi connectivity index (χ1n) is 4.14. The average Bonchev–Trinajstić information content (AvgIpc) is 2.59. The van der Waals surface area contributed by atoms with Crippen LogP contribution in [0.25, 0.3) is 10.1 Å². The molecule has 2 aromatic rings. The minimum absolute atomic E-state index is 0.474. The number of nitrogens with one attached hydrogen (secondary N) is 1. The van der Waals surface area contributed by atoms with Crippen LogP contribution in [0.2, 0.25) is 0 Å². The lowest BCUT2D eigenvalue weighted by atomic mass is 10.1. The lowest BCUT2D eigenvalue weighted by Gasteiger charge is -1.98. The Morgan fingerprint density at radius 2 is 2.29 bits per heavy atom. The van der Waals surface area contributed by atoms with Gasteiger partial charge in [0.2, 0.25) is 0 Å². The molecule has 0 aliphatic carbocycles. The van der Waals surface area contributed by atoms with Crippen molar-refractivity contribution in [2.75, 3.05) is 0 Å². The van der Waals surface area contributed by atoms with E-state index in [4.69, 9.17) is 5.21 Å². The van der Waals surface area contributed by atoms with Gasteiger partial charge in [0.15, 0.2) is 0 Å². The van der Waals surface area contributed by atoms with Crippen LogP contribution in [0.5, 0.6) is 0 Å². The van der Waals surface area contributed by atoms with Gasteiger partial charge in [-0.1, -0.05) is 0 Å². The van der Waals surface area contributed by atoms with E-state index in [-0.39, 0.29) is 0 Å². The smallest absolute Gasteiger partial charge is 0.274 e. The molecule has 1 amide bonds.